The summed E-state index contributed by atoms with van der Waals surface area (Å²) in [4.78, 5) is 14.5. The molecule has 0 saturated carbocycles. The van der Waals surface area contributed by atoms with Gasteiger partial charge in [-0.1, -0.05) is 25.1 Å². The van der Waals surface area contributed by atoms with Gasteiger partial charge in [0.2, 0.25) is 0 Å². The summed E-state index contributed by atoms with van der Waals surface area (Å²) in [5.74, 6) is 0.800. The van der Waals surface area contributed by atoms with Crippen LogP contribution in [-0.2, 0) is 29.5 Å². The number of tetrazole rings is 1. The van der Waals surface area contributed by atoms with Gasteiger partial charge in [0.25, 0.3) is 5.69 Å². The minimum Gasteiger partial charge on any atom is -0.479 e. The Hall–Kier alpha value is -3.61. The first kappa shape index (κ1) is 25.5. The van der Waals surface area contributed by atoms with Crippen molar-refractivity contribution in [3.05, 3.63) is 69.5 Å². The van der Waals surface area contributed by atoms with Gasteiger partial charge >= 0.3 is 0 Å². The second-order valence-corrected chi connectivity index (χ2v) is 8.76. The Balaban J connectivity index is 1.96. The number of methoxy groups -OCH3 is 2. The molecule has 36 heavy (non-hydrogen) atoms. The number of nitrogens with zero attached hydrogens (tertiary/aromatic N) is 6. The Morgan fingerprint density at radius 1 is 1.28 bits per heavy atom. The number of hydrogen-bond donors (Lipinski definition) is 1. The number of aliphatic hydroxyl groups is 1. The molecule has 0 amide bonds. The first-order chi connectivity index (χ1) is 17.2. The normalized spacial score (nSPS) is 21.2. The maximum Gasteiger partial charge on any atom is 0.270 e. The van der Waals surface area contributed by atoms with E-state index in [4.69, 9.17) is 14.2 Å². The van der Waals surface area contributed by atoms with Crippen molar-refractivity contribution in [1.29, 1.82) is 0 Å². The lowest BCUT2D eigenvalue weighted by Gasteiger charge is -2.50. The number of non-ortho nitro benzene ring substituents is 1. The molecule has 192 valence electrons. The predicted octanol–water partition coefficient (Wildman–Crippen LogP) is 2.56. The molecular weight excluding hydrogens is 468 g/mol. The van der Waals surface area contributed by atoms with Crippen LogP contribution in [0.2, 0.25) is 0 Å². The van der Waals surface area contributed by atoms with Crippen molar-refractivity contribution in [2.75, 3.05) is 19.1 Å². The number of aromatic nitrogens is 4. The maximum absolute atomic E-state index is 11.9. The number of aliphatic hydroxyl groups excluding tert-OH is 1. The highest BCUT2D eigenvalue weighted by molar-refractivity contribution is 5.59. The molecule has 0 unspecified atom stereocenters. The van der Waals surface area contributed by atoms with Crippen molar-refractivity contribution in [2.24, 2.45) is 7.05 Å². The molecule has 0 saturated heterocycles. The average Bonchev–Trinajstić information content (AvgIpc) is 3.28. The second-order valence-electron chi connectivity index (χ2n) is 8.76. The molecule has 1 aromatic heterocycles. The Morgan fingerprint density at radius 3 is 2.61 bits per heavy atom. The van der Waals surface area contributed by atoms with E-state index in [1.165, 1.54) is 37.2 Å². The monoisotopic (exact) mass is 498 g/mol. The molecule has 12 nitrogen and oxygen atoms in total. The number of hydrogen-bond acceptors (Lipinski definition) is 10. The Labute approximate surface area is 208 Å². The van der Waals surface area contributed by atoms with Crippen molar-refractivity contribution in [3.63, 3.8) is 0 Å². The van der Waals surface area contributed by atoms with Crippen LogP contribution in [0.3, 0.4) is 0 Å². The molecule has 0 fully saturated rings. The molecule has 3 aromatic rings. The molecule has 1 aliphatic heterocycles. The molecule has 4 rings (SSSR count). The van der Waals surface area contributed by atoms with Gasteiger partial charge in [-0.2, -0.15) is 4.80 Å². The number of nitro groups is 1. The van der Waals surface area contributed by atoms with Crippen LogP contribution in [0.5, 0.6) is 5.75 Å². The summed E-state index contributed by atoms with van der Waals surface area (Å²) in [5.41, 5.74) is 0.824. The molecule has 0 bridgehead atoms. The third kappa shape index (κ3) is 4.50. The van der Waals surface area contributed by atoms with Crippen LogP contribution in [0.15, 0.2) is 42.5 Å². The van der Waals surface area contributed by atoms with Crippen LogP contribution in [0.4, 0.5) is 11.4 Å². The smallest absolute Gasteiger partial charge is 0.270 e. The SMILES string of the molecule is CCc1ccccc1N(Cc1nnn(C)n1)[C@H]1c2cc([N+](=O)[O-])ccc2O[C@](C)(C(OC)OC)[C@@H]1O. The van der Waals surface area contributed by atoms with Crippen molar-refractivity contribution in [2.45, 2.75) is 50.8 Å². The zero-order valence-corrected chi connectivity index (χ0v) is 20.9. The summed E-state index contributed by atoms with van der Waals surface area (Å²) in [6.45, 7) is 3.90. The van der Waals surface area contributed by atoms with Crippen LogP contribution in [0, 0.1) is 10.1 Å². The minimum atomic E-state index is -1.35. The van der Waals surface area contributed by atoms with E-state index in [1.54, 1.807) is 14.0 Å². The first-order valence-corrected chi connectivity index (χ1v) is 11.5. The van der Waals surface area contributed by atoms with Gasteiger partial charge in [0.1, 0.15) is 11.9 Å². The highest BCUT2D eigenvalue weighted by atomic mass is 16.7. The molecule has 0 aliphatic carbocycles. The standard InChI is InChI=1S/C24H30N6O6/c1-6-15-9-7-8-10-18(15)29(14-20-25-27-28(3)26-20)21-17-13-16(30(32)33)11-12-19(17)36-24(2,22(21)31)23(34-4)35-5/h7-13,21-23,31H,6,14H2,1-5H3/t21-,22+,24-/m0/s1. The molecule has 2 heterocycles. The summed E-state index contributed by atoms with van der Waals surface area (Å²) in [6, 6.07) is 11.3. The number of nitro benzene ring substituents is 1. The Morgan fingerprint density at radius 2 is 2.00 bits per heavy atom. The summed E-state index contributed by atoms with van der Waals surface area (Å²) in [6.07, 6.45) is -1.45. The zero-order chi connectivity index (χ0) is 26.0. The third-order valence-corrected chi connectivity index (χ3v) is 6.51. The molecule has 0 radical (unpaired) electrons. The van der Waals surface area contributed by atoms with Gasteiger partial charge in [-0.25, -0.2) is 0 Å². The minimum absolute atomic E-state index is 0.116. The van der Waals surface area contributed by atoms with E-state index in [2.05, 4.69) is 15.4 Å². The molecule has 3 atom stereocenters. The van der Waals surface area contributed by atoms with E-state index in [0.29, 0.717) is 17.1 Å². The van der Waals surface area contributed by atoms with Gasteiger partial charge in [-0.05, 0) is 36.3 Å². The highest BCUT2D eigenvalue weighted by Gasteiger charge is 2.54. The molecule has 2 aromatic carbocycles. The van der Waals surface area contributed by atoms with Crippen molar-refractivity contribution >= 4 is 11.4 Å². The van der Waals surface area contributed by atoms with Crippen LogP contribution in [0.25, 0.3) is 0 Å². The van der Waals surface area contributed by atoms with Crippen LogP contribution >= 0.6 is 0 Å². The highest BCUT2D eigenvalue weighted by Crippen LogP contribution is 2.48. The number of rotatable bonds is 9. The number of benzene rings is 2. The molecule has 12 heteroatoms. The van der Waals surface area contributed by atoms with Crippen LogP contribution < -0.4 is 9.64 Å². The van der Waals surface area contributed by atoms with Gasteiger partial charge in [0.05, 0.1) is 24.6 Å². The Kier molecular flexibility index (Phi) is 7.20. The maximum atomic E-state index is 11.9. The topological polar surface area (TPSA) is 138 Å². The number of anilines is 1. The first-order valence-electron chi connectivity index (χ1n) is 11.5. The molecule has 1 N–H and O–H groups in total. The van der Waals surface area contributed by atoms with E-state index in [0.717, 1.165) is 17.7 Å². The van der Waals surface area contributed by atoms with Crippen LogP contribution in [0.1, 0.15) is 36.8 Å². The van der Waals surface area contributed by atoms with Crippen molar-refractivity contribution < 1.29 is 24.2 Å². The molecular formula is C24H30N6O6. The molecule has 1 aliphatic rings. The summed E-state index contributed by atoms with van der Waals surface area (Å²) in [5, 5.41) is 36.0. The predicted molar refractivity (Wildman–Crippen MR) is 129 cm³/mol. The summed E-state index contributed by atoms with van der Waals surface area (Å²) < 4.78 is 17.3. The Bertz CT molecular complexity index is 1230. The fourth-order valence-electron chi connectivity index (χ4n) is 4.81. The van der Waals surface area contributed by atoms with Gasteiger partial charge in [-0.3, -0.25) is 10.1 Å². The van der Waals surface area contributed by atoms with E-state index < -0.39 is 29.0 Å². The van der Waals surface area contributed by atoms with Gasteiger partial charge in [0.15, 0.2) is 17.7 Å². The fourth-order valence-corrected chi connectivity index (χ4v) is 4.81. The largest absolute Gasteiger partial charge is 0.479 e. The quantitative estimate of drug-likeness (QED) is 0.266. The van der Waals surface area contributed by atoms with E-state index in [1.807, 2.05) is 36.1 Å². The summed E-state index contributed by atoms with van der Waals surface area (Å²) >= 11 is 0. The number of fused-ring (bicyclic) bond motifs is 1. The van der Waals surface area contributed by atoms with Gasteiger partial charge in [-0.15, -0.1) is 10.2 Å². The lowest BCUT2D eigenvalue weighted by Crippen LogP contribution is -2.62. The fraction of sp³-hybridized carbons (Fsp3) is 0.458. The number of ether oxygens (including phenoxy) is 3. The van der Waals surface area contributed by atoms with E-state index in [-0.39, 0.29) is 12.2 Å². The van der Waals surface area contributed by atoms with Crippen molar-refractivity contribution in [1.82, 2.24) is 20.2 Å². The average molecular weight is 499 g/mol. The third-order valence-electron chi connectivity index (χ3n) is 6.51. The lowest BCUT2D eigenvalue weighted by molar-refractivity contribution is -0.385. The van der Waals surface area contributed by atoms with E-state index in [9.17, 15) is 15.2 Å². The lowest BCUT2D eigenvalue weighted by atomic mass is 9.83. The van der Waals surface area contributed by atoms with Gasteiger partial charge < -0.3 is 24.2 Å². The van der Waals surface area contributed by atoms with Crippen LogP contribution in [-0.4, -0.2) is 62.5 Å². The second kappa shape index (κ2) is 10.2. The number of para-hydroxylation sites is 1. The van der Waals surface area contributed by atoms with E-state index >= 15 is 0 Å². The molecule has 0 spiro atoms. The van der Waals surface area contributed by atoms with Crippen molar-refractivity contribution in [3.8, 4) is 5.75 Å². The zero-order valence-electron chi connectivity index (χ0n) is 20.9. The number of aryl methyl sites for hydroxylation is 2. The summed E-state index contributed by atoms with van der Waals surface area (Å²) in [7, 11) is 4.59. The van der Waals surface area contributed by atoms with Gasteiger partial charge in [0, 0.05) is 37.6 Å².